The summed E-state index contributed by atoms with van der Waals surface area (Å²) in [5.41, 5.74) is 1.08. The number of nitrogens with one attached hydrogen (secondary N) is 1. The van der Waals surface area contributed by atoms with Crippen molar-refractivity contribution < 1.29 is 26.7 Å². The van der Waals surface area contributed by atoms with Crippen molar-refractivity contribution in [3.05, 3.63) is 36.2 Å². The smallest absolute Gasteiger partial charge is 0.387 e. The van der Waals surface area contributed by atoms with Gasteiger partial charge in [-0.3, -0.25) is 19.4 Å². The Kier molecular flexibility index (Phi) is 5.35. The zero-order valence-electron chi connectivity index (χ0n) is 17.5. The molecule has 1 amide bonds. The van der Waals surface area contributed by atoms with Gasteiger partial charge in [0.25, 0.3) is 5.91 Å². The Morgan fingerprint density at radius 3 is 2.59 bits per heavy atom. The van der Waals surface area contributed by atoms with Crippen molar-refractivity contribution in [3.8, 4) is 17.1 Å². The molecule has 3 aromatic heterocycles. The number of alkyl halides is 2. The molecule has 0 saturated carbocycles. The van der Waals surface area contributed by atoms with Gasteiger partial charge in [0.2, 0.25) is 0 Å². The Balaban J connectivity index is 1.71. The molecular formula is C20H21F2N5O4S. The van der Waals surface area contributed by atoms with E-state index in [0.717, 1.165) is 0 Å². The fraction of sp³-hybridized carbons (Fsp3) is 0.400. The van der Waals surface area contributed by atoms with Crippen LogP contribution in [-0.2, 0) is 9.84 Å². The van der Waals surface area contributed by atoms with Crippen molar-refractivity contribution in [2.24, 2.45) is 0 Å². The molecule has 0 atom stereocenters. The van der Waals surface area contributed by atoms with Gasteiger partial charge in [0.05, 0.1) is 33.8 Å². The number of pyridine rings is 2. The number of rotatable bonds is 6. The van der Waals surface area contributed by atoms with Gasteiger partial charge in [-0.1, -0.05) is 0 Å². The average molecular weight is 465 g/mol. The van der Waals surface area contributed by atoms with Crippen LogP contribution in [0.15, 0.2) is 30.6 Å². The van der Waals surface area contributed by atoms with E-state index in [9.17, 15) is 22.0 Å². The van der Waals surface area contributed by atoms with E-state index in [1.54, 1.807) is 17.7 Å². The number of sulfone groups is 1. The molecular weight excluding hydrogens is 444 g/mol. The lowest BCUT2D eigenvalue weighted by atomic mass is 10.1. The third-order valence-electron chi connectivity index (χ3n) is 4.99. The van der Waals surface area contributed by atoms with Crippen LogP contribution in [0.2, 0.25) is 0 Å². The van der Waals surface area contributed by atoms with Gasteiger partial charge >= 0.3 is 6.61 Å². The highest BCUT2D eigenvalue weighted by molar-refractivity contribution is 7.93. The quantitative estimate of drug-likeness (QED) is 0.595. The molecule has 1 N–H and O–H groups in total. The van der Waals surface area contributed by atoms with Crippen molar-refractivity contribution in [3.63, 3.8) is 0 Å². The lowest BCUT2D eigenvalue weighted by Crippen LogP contribution is -2.63. The molecule has 1 fully saturated rings. The predicted octanol–water partition coefficient (Wildman–Crippen LogP) is 2.59. The van der Waals surface area contributed by atoms with Gasteiger partial charge in [-0.25, -0.2) is 8.42 Å². The molecule has 4 rings (SSSR count). The van der Waals surface area contributed by atoms with Crippen LogP contribution < -0.4 is 10.1 Å². The average Bonchev–Trinajstić information content (AvgIpc) is 3.05. The van der Waals surface area contributed by atoms with E-state index in [2.05, 4.69) is 25.1 Å². The lowest BCUT2D eigenvalue weighted by Gasteiger charge is -2.38. The van der Waals surface area contributed by atoms with Crippen LogP contribution in [0.25, 0.3) is 22.4 Å². The number of nitrogens with zero attached hydrogens (tertiary/aromatic N) is 4. The number of hydrogen-bond donors (Lipinski definition) is 1. The fourth-order valence-corrected chi connectivity index (χ4v) is 5.77. The minimum atomic E-state index is -3.12. The minimum absolute atomic E-state index is 0.0584. The largest absolute Gasteiger partial charge is 0.435 e. The van der Waals surface area contributed by atoms with Crippen LogP contribution in [0, 0.1) is 0 Å². The molecule has 1 saturated heterocycles. The molecule has 12 heteroatoms. The van der Waals surface area contributed by atoms with Gasteiger partial charge < -0.3 is 10.1 Å². The summed E-state index contributed by atoms with van der Waals surface area (Å²) >= 11 is 0. The van der Waals surface area contributed by atoms with Gasteiger partial charge in [0.15, 0.2) is 9.84 Å². The highest BCUT2D eigenvalue weighted by atomic mass is 32.2. The Morgan fingerprint density at radius 2 is 1.97 bits per heavy atom. The van der Waals surface area contributed by atoms with Crippen molar-refractivity contribution >= 4 is 26.8 Å². The van der Waals surface area contributed by atoms with Gasteiger partial charge in [0.1, 0.15) is 17.0 Å². The number of halogens is 2. The zero-order valence-corrected chi connectivity index (χ0v) is 18.4. The summed E-state index contributed by atoms with van der Waals surface area (Å²) in [5, 5.41) is 7.29. The summed E-state index contributed by atoms with van der Waals surface area (Å²) in [4.78, 5) is 21.3. The van der Waals surface area contributed by atoms with Crippen molar-refractivity contribution in [1.29, 1.82) is 0 Å². The van der Waals surface area contributed by atoms with Gasteiger partial charge in [-0.2, -0.15) is 13.9 Å². The summed E-state index contributed by atoms with van der Waals surface area (Å²) in [5.74, 6) is -0.728. The number of fused-ring (bicyclic) bond motifs is 1. The van der Waals surface area contributed by atoms with E-state index in [-0.39, 0.29) is 28.9 Å². The molecule has 0 radical (unpaired) electrons. The Labute approximate surface area is 182 Å². The van der Waals surface area contributed by atoms with Crippen molar-refractivity contribution in [2.75, 3.05) is 11.5 Å². The van der Waals surface area contributed by atoms with Crippen LogP contribution in [0.1, 0.15) is 37.2 Å². The SMILES string of the molecule is CC(C)n1nc(-c2cc(OC(F)F)ccn2)c2ncc(C(=O)NC3(C)CS(=O)(=O)C3)cc21. The third-order valence-corrected chi connectivity index (χ3v) is 7.14. The highest BCUT2D eigenvalue weighted by Gasteiger charge is 2.45. The first-order valence-electron chi connectivity index (χ1n) is 9.79. The molecule has 1 aliphatic rings. The molecule has 1 aliphatic heterocycles. The number of carbonyl (C=O) groups excluding carboxylic acids is 1. The number of carbonyl (C=O) groups is 1. The summed E-state index contributed by atoms with van der Waals surface area (Å²) in [6.07, 6.45) is 2.70. The second-order valence-electron chi connectivity index (χ2n) is 8.28. The van der Waals surface area contributed by atoms with Gasteiger partial charge in [-0.05, 0) is 32.9 Å². The first kappa shape index (κ1) is 22.1. The maximum absolute atomic E-state index is 12.7. The number of amides is 1. The molecule has 0 unspecified atom stereocenters. The van der Waals surface area contributed by atoms with Crippen LogP contribution in [-0.4, -0.2) is 57.7 Å². The minimum Gasteiger partial charge on any atom is -0.435 e. The number of aromatic nitrogens is 4. The molecule has 0 spiro atoms. The van der Waals surface area contributed by atoms with Crippen LogP contribution >= 0.6 is 0 Å². The predicted molar refractivity (Wildman–Crippen MR) is 112 cm³/mol. The van der Waals surface area contributed by atoms with Crippen molar-refractivity contribution in [1.82, 2.24) is 25.1 Å². The second-order valence-corrected chi connectivity index (χ2v) is 10.3. The van der Waals surface area contributed by atoms with E-state index in [1.807, 2.05) is 13.8 Å². The number of hydrogen-bond acceptors (Lipinski definition) is 7. The zero-order chi connectivity index (χ0) is 23.3. The topological polar surface area (TPSA) is 116 Å². The summed E-state index contributed by atoms with van der Waals surface area (Å²) in [6, 6.07) is 4.18. The first-order valence-corrected chi connectivity index (χ1v) is 11.6. The molecule has 9 nitrogen and oxygen atoms in total. The molecule has 0 aromatic carbocycles. The van der Waals surface area contributed by atoms with Crippen molar-refractivity contribution in [2.45, 2.75) is 39.0 Å². The lowest BCUT2D eigenvalue weighted by molar-refractivity contribution is -0.0498. The maximum atomic E-state index is 12.7. The fourth-order valence-electron chi connectivity index (χ4n) is 3.77. The van der Waals surface area contributed by atoms with Gasteiger partial charge in [0, 0.05) is 24.5 Å². The Bertz CT molecular complexity index is 1290. The molecule has 0 aliphatic carbocycles. The molecule has 3 aromatic rings. The maximum Gasteiger partial charge on any atom is 0.387 e. The monoisotopic (exact) mass is 465 g/mol. The van der Waals surface area contributed by atoms with Gasteiger partial charge in [-0.15, -0.1) is 0 Å². The van der Waals surface area contributed by atoms with Crippen LogP contribution in [0.4, 0.5) is 8.78 Å². The van der Waals surface area contributed by atoms with E-state index >= 15 is 0 Å². The first-order chi connectivity index (χ1) is 15.0. The van der Waals surface area contributed by atoms with Crippen LogP contribution in [0.5, 0.6) is 5.75 Å². The summed E-state index contributed by atoms with van der Waals surface area (Å²) in [7, 11) is -3.12. The summed E-state index contributed by atoms with van der Waals surface area (Å²) in [6.45, 7) is 2.50. The van der Waals surface area contributed by atoms with Crippen LogP contribution in [0.3, 0.4) is 0 Å². The Morgan fingerprint density at radius 1 is 1.25 bits per heavy atom. The molecule has 4 heterocycles. The Hall–Kier alpha value is -3.15. The molecule has 32 heavy (non-hydrogen) atoms. The third kappa shape index (κ3) is 4.27. The number of ether oxygens (including phenoxy) is 1. The van der Waals surface area contributed by atoms with E-state index in [0.29, 0.717) is 22.4 Å². The van der Waals surface area contributed by atoms with E-state index in [1.165, 1.54) is 24.5 Å². The second kappa shape index (κ2) is 7.76. The standard InChI is InChI=1S/C20H21F2N5O4S/c1-11(2)27-15-6-12(18(28)25-20(3)9-32(29,30)10-20)8-24-17(15)16(26-27)14-7-13(4-5-23-14)31-19(21)22/h4-8,11,19H,9-10H2,1-3H3,(H,25,28). The molecule has 170 valence electrons. The summed E-state index contributed by atoms with van der Waals surface area (Å²) < 4.78 is 54.3. The highest BCUT2D eigenvalue weighted by Crippen LogP contribution is 2.30. The van der Waals surface area contributed by atoms with E-state index in [4.69, 9.17) is 0 Å². The van der Waals surface area contributed by atoms with E-state index < -0.39 is 27.9 Å². The molecule has 0 bridgehead atoms. The normalized spacial score (nSPS) is 16.8.